The molecule has 3 rings (SSSR count). The molecule has 0 spiro atoms. The van der Waals surface area contributed by atoms with Gasteiger partial charge in [-0.3, -0.25) is 9.69 Å². The van der Waals surface area contributed by atoms with Crippen molar-refractivity contribution in [3.63, 3.8) is 0 Å². The molecule has 3 aromatic rings. The second kappa shape index (κ2) is 8.41. The number of carbonyl (C=O) groups excluding carboxylic acids is 1. The molecule has 0 fully saturated rings. The summed E-state index contributed by atoms with van der Waals surface area (Å²) in [4.78, 5) is 22.4. The minimum atomic E-state index is 0.0355. The van der Waals surface area contributed by atoms with Crippen LogP contribution in [0.3, 0.4) is 0 Å². The first kappa shape index (κ1) is 20.5. The Balaban J connectivity index is 2.02. The van der Waals surface area contributed by atoms with E-state index in [-0.39, 0.29) is 5.91 Å². The van der Waals surface area contributed by atoms with E-state index in [4.69, 9.17) is 4.98 Å². The zero-order chi connectivity index (χ0) is 20.4. The highest BCUT2D eigenvalue weighted by atomic mass is 32.1. The first-order valence-electron chi connectivity index (χ1n) is 9.68. The maximum atomic E-state index is 13.5. The second-order valence-electron chi connectivity index (χ2n) is 7.86. The molecule has 0 unspecified atom stereocenters. The van der Waals surface area contributed by atoms with Gasteiger partial charge in [0.05, 0.1) is 10.2 Å². The van der Waals surface area contributed by atoms with Crippen LogP contribution in [-0.4, -0.2) is 43.0 Å². The van der Waals surface area contributed by atoms with Gasteiger partial charge in [0.2, 0.25) is 0 Å². The number of thiazole rings is 1. The molecular formula is C23H29N3OS. The molecule has 1 heterocycles. The van der Waals surface area contributed by atoms with Crippen LogP contribution in [0, 0.1) is 27.7 Å². The normalized spacial score (nSPS) is 11.4. The van der Waals surface area contributed by atoms with Crippen LogP contribution in [0.1, 0.15) is 39.0 Å². The number of fused-ring (bicyclic) bond motifs is 1. The standard InChI is InChI=1S/C23H29N3OS/c1-15-8-9-17(3)19(13-15)22(27)26(11-7-10-25(5)6)23-24-20-14-16(2)12-18(4)21(20)28-23/h8-9,12-14H,7,10-11H2,1-6H3. The lowest BCUT2D eigenvalue weighted by molar-refractivity contribution is 0.0985. The minimum absolute atomic E-state index is 0.0355. The summed E-state index contributed by atoms with van der Waals surface area (Å²) in [7, 11) is 4.11. The first-order chi connectivity index (χ1) is 13.3. The Labute approximate surface area is 171 Å². The third kappa shape index (κ3) is 4.42. The number of hydrogen-bond acceptors (Lipinski definition) is 4. The fourth-order valence-electron chi connectivity index (χ4n) is 3.42. The Morgan fingerprint density at radius 3 is 2.43 bits per heavy atom. The highest BCUT2D eigenvalue weighted by Gasteiger charge is 2.23. The summed E-state index contributed by atoms with van der Waals surface area (Å²) in [6.45, 7) is 9.80. The summed E-state index contributed by atoms with van der Waals surface area (Å²) in [6.07, 6.45) is 0.900. The zero-order valence-electron chi connectivity index (χ0n) is 17.7. The SMILES string of the molecule is Cc1ccc(C)c(C(=O)N(CCCN(C)C)c2nc3cc(C)cc(C)c3s2)c1. The van der Waals surface area contributed by atoms with Crippen LogP contribution < -0.4 is 4.90 Å². The molecule has 2 aromatic carbocycles. The van der Waals surface area contributed by atoms with Crippen molar-refractivity contribution in [1.82, 2.24) is 9.88 Å². The molecule has 4 nitrogen and oxygen atoms in total. The molecular weight excluding hydrogens is 366 g/mol. The molecule has 1 aromatic heterocycles. The van der Waals surface area contributed by atoms with Crippen molar-refractivity contribution in [2.24, 2.45) is 0 Å². The van der Waals surface area contributed by atoms with Gasteiger partial charge in [-0.15, -0.1) is 0 Å². The van der Waals surface area contributed by atoms with E-state index >= 15 is 0 Å². The van der Waals surface area contributed by atoms with E-state index in [0.717, 1.165) is 45.0 Å². The van der Waals surface area contributed by atoms with Gasteiger partial charge in [-0.05, 0) is 83.6 Å². The number of benzene rings is 2. The van der Waals surface area contributed by atoms with E-state index in [9.17, 15) is 4.79 Å². The predicted octanol–water partition coefficient (Wildman–Crippen LogP) is 5.13. The van der Waals surface area contributed by atoms with Crippen LogP contribution in [0.5, 0.6) is 0 Å². The van der Waals surface area contributed by atoms with Crippen LogP contribution >= 0.6 is 11.3 Å². The lowest BCUT2D eigenvalue weighted by atomic mass is 10.0. The van der Waals surface area contributed by atoms with E-state index in [2.05, 4.69) is 45.0 Å². The number of rotatable bonds is 6. The first-order valence-corrected chi connectivity index (χ1v) is 10.5. The van der Waals surface area contributed by atoms with E-state index in [1.54, 1.807) is 11.3 Å². The van der Waals surface area contributed by atoms with E-state index < -0.39 is 0 Å². The Bertz CT molecular complexity index is 1010. The lowest BCUT2D eigenvalue weighted by Crippen LogP contribution is -2.34. The number of nitrogens with zero attached hydrogens (tertiary/aromatic N) is 3. The Morgan fingerprint density at radius 1 is 0.964 bits per heavy atom. The van der Waals surface area contributed by atoms with Crippen molar-refractivity contribution in [2.45, 2.75) is 34.1 Å². The van der Waals surface area contributed by atoms with Crippen molar-refractivity contribution < 1.29 is 4.79 Å². The summed E-state index contributed by atoms with van der Waals surface area (Å²) in [6, 6.07) is 10.3. The van der Waals surface area contributed by atoms with Crippen LogP contribution in [0.2, 0.25) is 0 Å². The second-order valence-corrected chi connectivity index (χ2v) is 8.84. The third-order valence-corrected chi connectivity index (χ3v) is 6.12. The van der Waals surface area contributed by atoms with Crippen molar-refractivity contribution in [3.05, 3.63) is 58.1 Å². The molecule has 0 bridgehead atoms. The number of aromatic nitrogens is 1. The summed E-state index contributed by atoms with van der Waals surface area (Å²) >= 11 is 1.61. The molecule has 0 saturated carbocycles. The molecule has 5 heteroatoms. The predicted molar refractivity (Wildman–Crippen MR) is 120 cm³/mol. The van der Waals surface area contributed by atoms with Crippen LogP contribution in [-0.2, 0) is 0 Å². The van der Waals surface area contributed by atoms with E-state index in [0.29, 0.717) is 6.54 Å². The maximum absolute atomic E-state index is 13.5. The molecule has 148 valence electrons. The fourth-order valence-corrected chi connectivity index (χ4v) is 4.46. The average molecular weight is 396 g/mol. The van der Waals surface area contributed by atoms with Gasteiger partial charge in [0, 0.05) is 12.1 Å². The Hall–Kier alpha value is -2.24. The number of aryl methyl sites for hydroxylation is 4. The van der Waals surface area contributed by atoms with Gasteiger partial charge in [-0.2, -0.15) is 0 Å². The Kier molecular flexibility index (Phi) is 6.16. The largest absolute Gasteiger partial charge is 0.309 e. The summed E-state index contributed by atoms with van der Waals surface area (Å²) in [5, 5.41) is 0.786. The van der Waals surface area contributed by atoms with Gasteiger partial charge in [-0.1, -0.05) is 35.1 Å². The van der Waals surface area contributed by atoms with E-state index in [1.807, 2.05) is 36.9 Å². The number of hydrogen-bond donors (Lipinski definition) is 0. The highest BCUT2D eigenvalue weighted by molar-refractivity contribution is 7.22. The van der Waals surface area contributed by atoms with Crippen LogP contribution in [0.15, 0.2) is 30.3 Å². The molecule has 0 radical (unpaired) electrons. The number of anilines is 1. The summed E-state index contributed by atoms with van der Waals surface area (Å²) < 4.78 is 1.16. The molecule has 0 aliphatic carbocycles. The number of carbonyl (C=O) groups is 1. The monoisotopic (exact) mass is 395 g/mol. The molecule has 1 amide bonds. The van der Waals surface area contributed by atoms with Crippen molar-refractivity contribution >= 4 is 32.6 Å². The number of amides is 1. The fraction of sp³-hybridized carbons (Fsp3) is 0.391. The van der Waals surface area contributed by atoms with Crippen LogP contribution in [0.4, 0.5) is 5.13 Å². The molecule has 0 aliphatic rings. The molecule has 0 saturated heterocycles. The topological polar surface area (TPSA) is 36.4 Å². The zero-order valence-corrected chi connectivity index (χ0v) is 18.5. The van der Waals surface area contributed by atoms with Gasteiger partial charge in [0.25, 0.3) is 5.91 Å². The summed E-state index contributed by atoms with van der Waals surface area (Å²) in [5.41, 5.74) is 6.24. The summed E-state index contributed by atoms with van der Waals surface area (Å²) in [5.74, 6) is 0.0355. The average Bonchev–Trinajstić information content (AvgIpc) is 3.04. The quantitative estimate of drug-likeness (QED) is 0.581. The van der Waals surface area contributed by atoms with Gasteiger partial charge < -0.3 is 4.90 Å². The third-order valence-electron chi connectivity index (χ3n) is 4.90. The molecule has 0 atom stereocenters. The molecule has 0 N–H and O–H groups in total. The van der Waals surface area contributed by atoms with Gasteiger partial charge >= 0.3 is 0 Å². The smallest absolute Gasteiger partial charge is 0.260 e. The molecule has 0 aliphatic heterocycles. The lowest BCUT2D eigenvalue weighted by Gasteiger charge is -2.22. The maximum Gasteiger partial charge on any atom is 0.260 e. The van der Waals surface area contributed by atoms with E-state index in [1.165, 1.54) is 11.1 Å². The Morgan fingerprint density at radius 2 is 1.71 bits per heavy atom. The van der Waals surface area contributed by atoms with Crippen molar-refractivity contribution in [1.29, 1.82) is 0 Å². The van der Waals surface area contributed by atoms with Gasteiger partial charge in [-0.25, -0.2) is 4.98 Å². The molecule has 28 heavy (non-hydrogen) atoms. The highest BCUT2D eigenvalue weighted by Crippen LogP contribution is 2.33. The van der Waals surface area contributed by atoms with Gasteiger partial charge in [0.1, 0.15) is 0 Å². The van der Waals surface area contributed by atoms with Crippen LogP contribution in [0.25, 0.3) is 10.2 Å². The van der Waals surface area contributed by atoms with Crippen molar-refractivity contribution in [3.8, 4) is 0 Å². The minimum Gasteiger partial charge on any atom is -0.309 e. The van der Waals surface area contributed by atoms with Crippen molar-refractivity contribution in [2.75, 3.05) is 32.1 Å². The van der Waals surface area contributed by atoms with Gasteiger partial charge in [0.15, 0.2) is 5.13 Å².